The maximum Gasteiger partial charge on any atom is 0.205 e. The summed E-state index contributed by atoms with van der Waals surface area (Å²) in [6, 6.07) is 6.68. The zero-order valence-corrected chi connectivity index (χ0v) is 8.12. The van der Waals surface area contributed by atoms with E-state index in [0.29, 0.717) is 0 Å². The molecule has 0 spiro atoms. The normalized spacial score (nSPS) is 11.5. The number of carbonyl (C=O) groups excluding carboxylic acids is 1. The van der Waals surface area contributed by atoms with Crippen molar-refractivity contribution in [3.63, 3.8) is 0 Å². The van der Waals surface area contributed by atoms with Crippen LogP contribution in [0.15, 0.2) is 35.5 Å². The molecule has 15 heavy (non-hydrogen) atoms. The Balaban J connectivity index is 3.11. The van der Waals surface area contributed by atoms with Crippen LogP contribution < -0.4 is 5.73 Å². The molecule has 1 rings (SSSR count). The third kappa shape index (κ3) is 2.41. The Morgan fingerprint density at radius 1 is 1.40 bits per heavy atom. The molecule has 0 saturated heterocycles. The van der Waals surface area contributed by atoms with E-state index >= 15 is 0 Å². The fourth-order valence-corrected chi connectivity index (χ4v) is 1.06. The molecule has 0 fully saturated rings. The summed E-state index contributed by atoms with van der Waals surface area (Å²) in [5.74, 6) is -0.920. The Bertz CT molecular complexity index is 450. The zero-order chi connectivity index (χ0) is 11.4. The maximum absolute atomic E-state index is 12.6. The van der Waals surface area contributed by atoms with E-state index in [-0.39, 0.29) is 16.8 Å². The second kappa shape index (κ2) is 4.38. The highest BCUT2D eigenvalue weighted by atomic mass is 19.1. The minimum atomic E-state index is -0.488. The van der Waals surface area contributed by atoms with E-state index in [2.05, 4.69) is 0 Å². The standard InChI is InChI=1S/C11H9FN2O/c1-7(14)10(6-13)11(15)8-2-4-9(12)5-3-8/h2-5H,14H2,1H3/b10-7+. The van der Waals surface area contributed by atoms with E-state index < -0.39 is 11.6 Å². The van der Waals surface area contributed by atoms with Crippen molar-refractivity contribution in [2.45, 2.75) is 6.92 Å². The van der Waals surface area contributed by atoms with Crippen LogP contribution in [-0.4, -0.2) is 5.78 Å². The van der Waals surface area contributed by atoms with E-state index in [4.69, 9.17) is 11.0 Å². The van der Waals surface area contributed by atoms with Gasteiger partial charge in [-0.2, -0.15) is 5.26 Å². The van der Waals surface area contributed by atoms with Crippen LogP contribution in [0.1, 0.15) is 17.3 Å². The first-order chi connectivity index (χ1) is 7.06. The molecule has 2 N–H and O–H groups in total. The van der Waals surface area contributed by atoms with Gasteiger partial charge in [0.25, 0.3) is 0 Å². The third-order valence-corrected chi connectivity index (χ3v) is 1.84. The van der Waals surface area contributed by atoms with Crippen LogP contribution >= 0.6 is 0 Å². The molecule has 0 radical (unpaired) electrons. The number of halogens is 1. The average molecular weight is 204 g/mol. The molecular weight excluding hydrogens is 195 g/mol. The Labute approximate surface area is 86.6 Å². The molecule has 76 valence electrons. The number of hydrogen-bond acceptors (Lipinski definition) is 3. The Kier molecular flexibility index (Phi) is 3.19. The van der Waals surface area contributed by atoms with Gasteiger partial charge in [0.1, 0.15) is 17.5 Å². The summed E-state index contributed by atoms with van der Waals surface area (Å²) in [5, 5.41) is 8.70. The summed E-state index contributed by atoms with van der Waals surface area (Å²) in [6.07, 6.45) is 0. The lowest BCUT2D eigenvalue weighted by molar-refractivity contribution is 0.103. The summed E-state index contributed by atoms with van der Waals surface area (Å²) < 4.78 is 12.6. The van der Waals surface area contributed by atoms with Gasteiger partial charge in [-0.3, -0.25) is 4.79 Å². The number of rotatable bonds is 2. The first kappa shape index (κ1) is 10.9. The number of allylic oxidation sites excluding steroid dienone is 2. The highest BCUT2D eigenvalue weighted by Crippen LogP contribution is 2.10. The van der Waals surface area contributed by atoms with Crippen LogP contribution in [0.5, 0.6) is 0 Å². The van der Waals surface area contributed by atoms with Crippen molar-refractivity contribution in [2.75, 3.05) is 0 Å². The van der Waals surface area contributed by atoms with Gasteiger partial charge in [0, 0.05) is 11.3 Å². The quantitative estimate of drug-likeness (QED) is 0.453. The summed E-state index contributed by atoms with van der Waals surface area (Å²) >= 11 is 0. The summed E-state index contributed by atoms with van der Waals surface area (Å²) in [6.45, 7) is 1.47. The number of ketones is 1. The molecule has 0 amide bonds. The van der Waals surface area contributed by atoms with Crippen LogP contribution in [0.2, 0.25) is 0 Å². The lowest BCUT2D eigenvalue weighted by atomic mass is 10.0. The number of nitrogens with zero attached hydrogens (tertiary/aromatic N) is 1. The molecule has 0 saturated carbocycles. The summed E-state index contributed by atoms with van der Waals surface area (Å²) in [4.78, 5) is 11.6. The monoisotopic (exact) mass is 204 g/mol. The first-order valence-corrected chi connectivity index (χ1v) is 4.23. The van der Waals surface area contributed by atoms with Crippen molar-refractivity contribution < 1.29 is 9.18 Å². The number of nitriles is 1. The molecule has 1 aromatic rings. The number of carbonyl (C=O) groups is 1. The molecule has 3 nitrogen and oxygen atoms in total. The van der Waals surface area contributed by atoms with Gasteiger partial charge in [0.2, 0.25) is 5.78 Å². The first-order valence-electron chi connectivity index (χ1n) is 4.23. The predicted octanol–water partition coefficient (Wildman–Crippen LogP) is 1.76. The van der Waals surface area contributed by atoms with E-state index in [0.717, 1.165) is 12.1 Å². The summed E-state index contributed by atoms with van der Waals surface area (Å²) in [5.41, 5.74) is 5.67. The van der Waals surface area contributed by atoms with Crippen LogP contribution in [0, 0.1) is 17.1 Å². The van der Waals surface area contributed by atoms with E-state index in [1.54, 1.807) is 6.07 Å². The smallest absolute Gasteiger partial charge is 0.205 e. The molecule has 0 aliphatic carbocycles. The Hall–Kier alpha value is -2.15. The van der Waals surface area contributed by atoms with Crippen molar-refractivity contribution in [1.82, 2.24) is 0 Å². The molecule has 0 aliphatic heterocycles. The fourth-order valence-electron chi connectivity index (χ4n) is 1.06. The molecule has 0 aromatic heterocycles. The molecule has 0 aliphatic rings. The SMILES string of the molecule is C/C(N)=C(/C#N)C(=O)c1ccc(F)cc1. The van der Waals surface area contributed by atoms with Gasteiger partial charge in [0.05, 0.1) is 0 Å². The van der Waals surface area contributed by atoms with Crippen LogP contribution in [0.25, 0.3) is 0 Å². The summed E-state index contributed by atoms with van der Waals surface area (Å²) in [7, 11) is 0. The molecule has 0 bridgehead atoms. The van der Waals surface area contributed by atoms with Crippen molar-refractivity contribution >= 4 is 5.78 Å². The third-order valence-electron chi connectivity index (χ3n) is 1.84. The minimum Gasteiger partial charge on any atom is -0.401 e. The average Bonchev–Trinajstić information content (AvgIpc) is 2.19. The molecule has 0 unspecified atom stereocenters. The molecule has 0 heterocycles. The van der Waals surface area contributed by atoms with Gasteiger partial charge in [0.15, 0.2) is 0 Å². The van der Waals surface area contributed by atoms with Gasteiger partial charge in [-0.1, -0.05) is 0 Å². The number of benzene rings is 1. The topological polar surface area (TPSA) is 66.9 Å². The Morgan fingerprint density at radius 2 is 1.93 bits per heavy atom. The second-order valence-corrected chi connectivity index (χ2v) is 3.01. The lowest BCUT2D eigenvalue weighted by Gasteiger charge is -2.00. The van der Waals surface area contributed by atoms with Gasteiger partial charge in [-0.05, 0) is 31.2 Å². The predicted molar refractivity (Wildman–Crippen MR) is 53.2 cm³/mol. The highest BCUT2D eigenvalue weighted by Gasteiger charge is 2.13. The van der Waals surface area contributed by atoms with Gasteiger partial charge >= 0.3 is 0 Å². The van der Waals surface area contributed by atoms with Crippen LogP contribution in [-0.2, 0) is 0 Å². The second-order valence-electron chi connectivity index (χ2n) is 3.01. The zero-order valence-electron chi connectivity index (χ0n) is 8.12. The van der Waals surface area contributed by atoms with E-state index in [1.807, 2.05) is 0 Å². The van der Waals surface area contributed by atoms with Crippen molar-refractivity contribution in [2.24, 2.45) is 5.73 Å². The highest BCUT2D eigenvalue weighted by molar-refractivity contribution is 6.11. The lowest BCUT2D eigenvalue weighted by Crippen LogP contribution is -2.08. The van der Waals surface area contributed by atoms with Gasteiger partial charge < -0.3 is 5.73 Å². The molecule has 4 heteroatoms. The van der Waals surface area contributed by atoms with Crippen molar-refractivity contribution in [3.8, 4) is 6.07 Å². The number of hydrogen-bond donors (Lipinski definition) is 1. The van der Waals surface area contributed by atoms with E-state index in [1.165, 1.54) is 19.1 Å². The molecular formula is C11H9FN2O. The van der Waals surface area contributed by atoms with Crippen LogP contribution in [0.4, 0.5) is 4.39 Å². The maximum atomic E-state index is 12.6. The van der Waals surface area contributed by atoms with Gasteiger partial charge in [-0.15, -0.1) is 0 Å². The molecule has 1 aromatic carbocycles. The minimum absolute atomic E-state index is 0.110. The number of Topliss-reactive ketones (excluding diaryl/α,β-unsaturated/α-hetero) is 1. The number of nitrogens with two attached hydrogens (primary N) is 1. The van der Waals surface area contributed by atoms with Crippen molar-refractivity contribution in [1.29, 1.82) is 5.26 Å². The molecule has 0 atom stereocenters. The fraction of sp³-hybridized carbons (Fsp3) is 0.0909. The van der Waals surface area contributed by atoms with Crippen molar-refractivity contribution in [3.05, 3.63) is 46.9 Å². The van der Waals surface area contributed by atoms with Gasteiger partial charge in [-0.25, -0.2) is 4.39 Å². The van der Waals surface area contributed by atoms with E-state index in [9.17, 15) is 9.18 Å². The Morgan fingerprint density at radius 3 is 2.33 bits per heavy atom. The van der Waals surface area contributed by atoms with Crippen LogP contribution in [0.3, 0.4) is 0 Å². The largest absolute Gasteiger partial charge is 0.401 e.